The van der Waals surface area contributed by atoms with Crippen LogP contribution in [0.25, 0.3) is 0 Å². The predicted molar refractivity (Wildman–Crippen MR) is 112 cm³/mol. The van der Waals surface area contributed by atoms with Gasteiger partial charge >= 0.3 is 0 Å². The molecule has 0 atom stereocenters. The lowest BCUT2D eigenvalue weighted by atomic mass is 10.0. The quantitative estimate of drug-likeness (QED) is 0.753. The van der Waals surface area contributed by atoms with E-state index in [4.69, 9.17) is 4.98 Å². The standard InChI is InChI=1S/C22H28N6O/c29-21(26-14-16-4-5-16)18-12-17-6-10-28(22-23-8-1-9-24-22)11-7-19(17)27-20(18)25-13-15-2-3-15/h1,8-9,12,15-16H,2-7,10-11,13-14H2,(H,25,27)(H,26,29). The first-order chi connectivity index (χ1) is 14.3. The van der Waals surface area contributed by atoms with E-state index in [1.807, 2.05) is 6.07 Å². The first kappa shape index (κ1) is 18.3. The highest BCUT2D eigenvalue weighted by Gasteiger charge is 2.26. The molecule has 1 aliphatic heterocycles. The monoisotopic (exact) mass is 392 g/mol. The Kier molecular flexibility index (Phi) is 5.04. The third-order valence-electron chi connectivity index (χ3n) is 6.04. The van der Waals surface area contributed by atoms with Crippen molar-refractivity contribution in [2.75, 3.05) is 36.4 Å². The number of nitrogens with zero attached hydrogens (tertiary/aromatic N) is 4. The van der Waals surface area contributed by atoms with Gasteiger partial charge < -0.3 is 15.5 Å². The Hall–Kier alpha value is -2.70. The molecule has 0 unspecified atom stereocenters. The summed E-state index contributed by atoms with van der Waals surface area (Å²) < 4.78 is 0. The maximum absolute atomic E-state index is 12.9. The molecule has 0 radical (unpaired) electrons. The van der Waals surface area contributed by atoms with Crippen LogP contribution >= 0.6 is 0 Å². The van der Waals surface area contributed by atoms with Gasteiger partial charge in [0.2, 0.25) is 5.95 Å². The van der Waals surface area contributed by atoms with E-state index in [0.29, 0.717) is 11.5 Å². The molecule has 7 heteroatoms. The number of hydrogen-bond acceptors (Lipinski definition) is 6. The van der Waals surface area contributed by atoms with Crippen LogP contribution in [0.5, 0.6) is 0 Å². The summed E-state index contributed by atoms with van der Waals surface area (Å²) >= 11 is 0. The zero-order valence-electron chi connectivity index (χ0n) is 16.7. The minimum atomic E-state index is -0.00186. The average molecular weight is 393 g/mol. The highest BCUT2D eigenvalue weighted by Crippen LogP contribution is 2.30. The Morgan fingerprint density at radius 2 is 1.76 bits per heavy atom. The molecule has 0 saturated heterocycles. The average Bonchev–Trinajstić information content (AvgIpc) is 3.65. The molecule has 3 aliphatic rings. The zero-order chi connectivity index (χ0) is 19.6. The summed E-state index contributed by atoms with van der Waals surface area (Å²) in [6.45, 7) is 3.34. The summed E-state index contributed by atoms with van der Waals surface area (Å²) in [5.74, 6) is 2.89. The van der Waals surface area contributed by atoms with Gasteiger partial charge in [-0.1, -0.05) is 0 Å². The topological polar surface area (TPSA) is 83.0 Å². The lowest BCUT2D eigenvalue weighted by Crippen LogP contribution is -2.27. The van der Waals surface area contributed by atoms with Crippen molar-refractivity contribution in [2.24, 2.45) is 11.8 Å². The van der Waals surface area contributed by atoms with Crippen LogP contribution in [-0.2, 0) is 12.8 Å². The first-order valence-corrected chi connectivity index (χ1v) is 10.8. The van der Waals surface area contributed by atoms with Gasteiger partial charge in [-0.3, -0.25) is 4.79 Å². The number of anilines is 2. The Morgan fingerprint density at radius 1 is 1.03 bits per heavy atom. The Balaban J connectivity index is 1.37. The fraction of sp³-hybridized carbons (Fsp3) is 0.545. The van der Waals surface area contributed by atoms with Gasteiger partial charge in [-0.2, -0.15) is 0 Å². The van der Waals surface area contributed by atoms with Crippen molar-refractivity contribution in [3.05, 3.63) is 41.3 Å². The van der Waals surface area contributed by atoms with E-state index in [1.165, 1.54) is 25.7 Å². The fourth-order valence-electron chi connectivity index (χ4n) is 3.81. The molecule has 5 rings (SSSR count). The van der Waals surface area contributed by atoms with Crippen LogP contribution in [0.1, 0.15) is 47.3 Å². The van der Waals surface area contributed by atoms with Crippen LogP contribution in [0.2, 0.25) is 0 Å². The number of aromatic nitrogens is 3. The highest BCUT2D eigenvalue weighted by atomic mass is 16.1. The molecule has 2 aliphatic carbocycles. The van der Waals surface area contributed by atoms with Crippen molar-refractivity contribution < 1.29 is 4.79 Å². The third-order valence-corrected chi connectivity index (χ3v) is 6.04. The third kappa shape index (κ3) is 4.49. The van der Waals surface area contributed by atoms with Crippen molar-refractivity contribution in [1.82, 2.24) is 20.3 Å². The van der Waals surface area contributed by atoms with Crippen molar-refractivity contribution in [3.63, 3.8) is 0 Å². The lowest BCUT2D eigenvalue weighted by Gasteiger charge is -2.19. The van der Waals surface area contributed by atoms with Crippen molar-refractivity contribution in [3.8, 4) is 0 Å². The van der Waals surface area contributed by atoms with Gasteiger partial charge in [0.25, 0.3) is 5.91 Å². The number of pyridine rings is 1. The van der Waals surface area contributed by atoms with E-state index < -0.39 is 0 Å². The molecular formula is C22H28N6O. The molecule has 0 spiro atoms. The molecule has 0 bridgehead atoms. The van der Waals surface area contributed by atoms with Crippen LogP contribution in [0.3, 0.4) is 0 Å². The van der Waals surface area contributed by atoms with E-state index >= 15 is 0 Å². The number of rotatable bonds is 7. The van der Waals surface area contributed by atoms with Gasteiger partial charge in [0.05, 0.1) is 5.56 Å². The van der Waals surface area contributed by atoms with Gasteiger partial charge in [-0.15, -0.1) is 0 Å². The molecule has 29 heavy (non-hydrogen) atoms. The van der Waals surface area contributed by atoms with E-state index in [0.717, 1.165) is 68.0 Å². The number of amides is 1. The fourth-order valence-corrected chi connectivity index (χ4v) is 3.81. The summed E-state index contributed by atoms with van der Waals surface area (Å²) in [7, 11) is 0. The number of carbonyl (C=O) groups excluding carboxylic acids is 1. The van der Waals surface area contributed by atoms with Crippen molar-refractivity contribution >= 4 is 17.7 Å². The number of hydrogen-bond donors (Lipinski definition) is 2. The van der Waals surface area contributed by atoms with Crippen LogP contribution < -0.4 is 15.5 Å². The lowest BCUT2D eigenvalue weighted by molar-refractivity contribution is 0.0952. The largest absolute Gasteiger partial charge is 0.369 e. The number of fused-ring (bicyclic) bond motifs is 1. The molecule has 7 nitrogen and oxygen atoms in total. The SMILES string of the molecule is O=C(NCC1CC1)c1cc2c(nc1NCC1CC1)CCN(c1ncccn1)CC2. The summed E-state index contributed by atoms with van der Waals surface area (Å²) in [6.07, 6.45) is 10.2. The van der Waals surface area contributed by atoms with Gasteiger partial charge in [-0.05, 0) is 61.6 Å². The highest BCUT2D eigenvalue weighted by molar-refractivity contribution is 5.99. The van der Waals surface area contributed by atoms with Gasteiger partial charge in [0, 0.05) is 50.7 Å². The van der Waals surface area contributed by atoms with E-state index in [1.54, 1.807) is 12.4 Å². The number of carbonyl (C=O) groups is 1. The van der Waals surface area contributed by atoms with E-state index in [-0.39, 0.29) is 5.91 Å². The number of nitrogens with one attached hydrogen (secondary N) is 2. The second kappa shape index (κ2) is 7.97. The van der Waals surface area contributed by atoms with Crippen LogP contribution in [0.4, 0.5) is 11.8 Å². The maximum Gasteiger partial charge on any atom is 0.255 e. The smallest absolute Gasteiger partial charge is 0.255 e. The molecular weight excluding hydrogens is 364 g/mol. The molecule has 2 saturated carbocycles. The minimum Gasteiger partial charge on any atom is -0.369 e. The normalized spacial score (nSPS) is 18.7. The van der Waals surface area contributed by atoms with Crippen LogP contribution in [0, 0.1) is 11.8 Å². The predicted octanol–water partition coefficient (Wildman–Crippen LogP) is 2.44. The molecule has 2 N–H and O–H groups in total. The second-order valence-corrected chi connectivity index (χ2v) is 8.50. The Labute approximate surface area is 171 Å². The van der Waals surface area contributed by atoms with Crippen LogP contribution in [0.15, 0.2) is 24.5 Å². The van der Waals surface area contributed by atoms with E-state index in [9.17, 15) is 4.79 Å². The van der Waals surface area contributed by atoms with Gasteiger partial charge in [-0.25, -0.2) is 15.0 Å². The molecule has 1 amide bonds. The summed E-state index contributed by atoms with van der Waals surface area (Å²) in [5, 5.41) is 6.57. The van der Waals surface area contributed by atoms with Crippen molar-refractivity contribution in [2.45, 2.75) is 38.5 Å². The van der Waals surface area contributed by atoms with E-state index in [2.05, 4.69) is 31.6 Å². The molecule has 2 aromatic heterocycles. The molecule has 0 aromatic carbocycles. The summed E-state index contributed by atoms with van der Waals surface area (Å²) in [6, 6.07) is 3.90. The molecule has 3 heterocycles. The van der Waals surface area contributed by atoms with Crippen molar-refractivity contribution in [1.29, 1.82) is 0 Å². The Bertz CT molecular complexity index is 878. The summed E-state index contributed by atoms with van der Waals surface area (Å²) in [5.41, 5.74) is 2.94. The molecule has 2 fully saturated rings. The Morgan fingerprint density at radius 3 is 2.52 bits per heavy atom. The first-order valence-electron chi connectivity index (χ1n) is 10.8. The van der Waals surface area contributed by atoms with Gasteiger partial charge in [0.1, 0.15) is 5.82 Å². The minimum absolute atomic E-state index is 0.00186. The maximum atomic E-state index is 12.9. The van der Waals surface area contributed by atoms with Gasteiger partial charge in [0.15, 0.2) is 0 Å². The summed E-state index contributed by atoms with van der Waals surface area (Å²) in [4.78, 5) is 28.8. The van der Waals surface area contributed by atoms with Crippen LogP contribution in [-0.4, -0.2) is 47.0 Å². The zero-order valence-corrected chi connectivity index (χ0v) is 16.7. The second-order valence-electron chi connectivity index (χ2n) is 8.50. The molecule has 152 valence electrons. The molecule has 2 aromatic rings.